The Morgan fingerprint density at radius 3 is 1.73 bits per heavy atom. The smallest absolute Gasteiger partial charge is 0.326 e. The van der Waals surface area contributed by atoms with Gasteiger partial charge in [0.25, 0.3) is 0 Å². The molecule has 2 aromatic carbocycles. The Morgan fingerprint density at radius 2 is 1.22 bits per heavy atom. The number of hydrogen-bond acceptors (Lipinski definition) is 19. The lowest BCUT2D eigenvalue weighted by Crippen LogP contribution is -2.64. The number of phenolic OH excluding ortho intramolecular Hbond substituents is 2. The van der Waals surface area contributed by atoms with Crippen LogP contribution in [0.5, 0.6) is 11.5 Å². The number of aromatic hydroxyl groups is 2. The van der Waals surface area contributed by atoms with E-state index in [4.69, 9.17) is 26.7 Å². The molecular weight excluding hydrogens is 1110 g/mol. The Bertz CT molecular complexity index is 2490. The highest BCUT2D eigenvalue weighted by atomic mass is 32.2. The molecule has 11 atom stereocenters. The van der Waals surface area contributed by atoms with Crippen LogP contribution in [0.15, 0.2) is 53.5 Å². The number of nitrogens with two attached hydrogens (primary N) is 3. The van der Waals surface area contributed by atoms with Crippen molar-refractivity contribution in [2.75, 3.05) is 44.4 Å². The van der Waals surface area contributed by atoms with Gasteiger partial charge in [0.05, 0.1) is 32.3 Å². The van der Waals surface area contributed by atoms with Gasteiger partial charge in [0.1, 0.15) is 66.1 Å². The number of ether oxygens (including phenoxy) is 2. The SMILES string of the molecule is CC(=O)N[C@H]1[C@@H](OCCSCC[C@H](NC(=O)[C@H](Cc2ccc(O)cc2)NC(=O)[C@@H](NC(=O)[C@H](Cc2ccc(O)cc2)NC(=O)CNC(=O)[C@@H](N)CCCN=C(N)N)C(C)C)C(=O)NCC(=O)N[C@@H](CC(C)C)C(=O)O)O[C@H](CO)[C@H](O)[C@@H]1O. The molecular formula is C53H82N12O17S. The first-order valence-electron chi connectivity index (χ1n) is 26.9. The second kappa shape index (κ2) is 35.6. The van der Waals surface area contributed by atoms with E-state index in [1.807, 2.05) is 0 Å². The number of hydrogen-bond donors (Lipinski definition) is 17. The molecule has 30 heteroatoms. The molecule has 2 aromatic rings. The molecule has 1 heterocycles. The molecule has 1 saturated heterocycles. The molecule has 1 aliphatic rings. The molecule has 0 aliphatic carbocycles. The molecule has 0 radical (unpaired) electrons. The number of phenols is 2. The molecule has 0 bridgehead atoms. The second-order valence-electron chi connectivity index (χ2n) is 20.5. The van der Waals surface area contributed by atoms with Crippen molar-refractivity contribution < 1.29 is 83.3 Å². The summed E-state index contributed by atoms with van der Waals surface area (Å²) in [5, 5.41) is 80.6. The van der Waals surface area contributed by atoms with Crippen LogP contribution in [0, 0.1) is 11.8 Å². The number of carbonyl (C=O) groups excluding carboxylic acids is 8. The molecule has 462 valence electrons. The number of nitrogens with zero attached hydrogens (tertiary/aromatic N) is 1. The molecule has 8 amide bonds. The van der Waals surface area contributed by atoms with Gasteiger partial charge in [0, 0.05) is 32.1 Å². The summed E-state index contributed by atoms with van der Waals surface area (Å²) in [6.07, 6.45) is -5.45. The molecule has 20 N–H and O–H groups in total. The predicted octanol–water partition coefficient (Wildman–Crippen LogP) is -4.21. The third kappa shape index (κ3) is 25.4. The van der Waals surface area contributed by atoms with Gasteiger partial charge in [-0.1, -0.05) is 52.0 Å². The van der Waals surface area contributed by atoms with E-state index in [-0.39, 0.29) is 80.1 Å². The summed E-state index contributed by atoms with van der Waals surface area (Å²) >= 11 is 1.22. The number of aliphatic hydroxyl groups excluding tert-OH is 3. The van der Waals surface area contributed by atoms with Crippen molar-refractivity contribution in [1.29, 1.82) is 0 Å². The van der Waals surface area contributed by atoms with Crippen molar-refractivity contribution in [3.8, 4) is 11.5 Å². The number of aliphatic carboxylic acids is 1. The van der Waals surface area contributed by atoms with Gasteiger partial charge >= 0.3 is 5.97 Å². The molecule has 0 saturated carbocycles. The first-order chi connectivity index (χ1) is 39.2. The number of thioether (sulfide) groups is 1. The number of aliphatic imine (C=N–C) groups is 1. The monoisotopic (exact) mass is 1190 g/mol. The van der Waals surface area contributed by atoms with Gasteiger partial charge in [-0.05, 0) is 78.7 Å². The molecule has 3 rings (SSSR count). The van der Waals surface area contributed by atoms with Crippen LogP contribution >= 0.6 is 11.8 Å². The maximum Gasteiger partial charge on any atom is 0.326 e. The summed E-state index contributed by atoms with van der Waals surface area (Å²) in [5.41, 5.74) is 17.6. The maximum atomic E-state index is 14.5. The molecule has 1 aliphatic heterocycles. The summed E-state index contributed by atoms with van der Waals surface area (Å²) < 4.78 is 11.4. The van der Waals surface area contributed by atoms with Crippen LogP contribution in [0.3, 0.4) is 0 Å². The van der Waals surface area contributed by atoms with Gasteiger partial charge in [-0.2, -0.15) is 11.8 Å². The first-order valence-corrected chi connectivity index (χ1v) is 28.1. The third-order valence-electron chi connectivity index (χ3n) is 12.7. The minimum absolute atomic E-state index is 0.0735. The number of carboxylic acid groups (broad SMARTS) is 1. The zero-order valence-corrected chi connectivity index (χ0v) is 47.9. The van der Waals surface area contributed by atoms with E-state index in [1.165, 1.54) is 67.2 Å². The number of nitrogens with one attached hydrogen (secondary N) is 8. The van der Waals surface area contributed by atoms with Crippen LogP contribution in [-0.4, -0.2) is 201 Å². The van der Waals surface area contributed by atoms with E-state index in [1.54, 1.807) is 27.7 Å². The lowest BCUT2D eigenvalue weighted by molar-refractivity contribution is -0.268. The van der Waals surface area contributed by atoms with E-state index >= 15 is 0 Å². The number of amides is 8. The van der Waals surface area contributed by atoms with Gasteiger partial charge in [-0.15, -0.1) is 0 Å². The fraction of sp³-hybridized carbons (Fsp3) is 0.585. The topological polar surface area (TPSA) is 480 Å². The van der Waals surface area contributed by atoms with E-state index in [9.17, 15) is 73.8 Å². The maximum absolute atomic E-state index is 14.5. The van der Waals surface area contributed by atoms with Crippen LogP contribution < -0.4 is 59.7 Å². The van der Waals surface area contributed by atoms with Crippen molar-refractivity contribution in [2.24, 2.45) is 34.0 Å². The van der Waals surface area contributed by atoms with Crippen molar-refractivity contribution in [1.82, 2.24) is 42.5 Å². The van der Waals surface area contributed by atoms with E-state index in [2.05, 4.69) is 47.5 Å². The Kier molecular flexibility index (Phi) is 30.0. The quantitative estimate of drug-likeness (QED) is 0.0177. The highest BCUT2D eigenvalue weighted by molar-refractivity contribution is 7.99. The number of rotatable bonds is 35. The lowest BCUT2D eigenvalue weighted by atomic mass is 9.97. The summed E-state index contributed by atoms with van der Waals surface area (Å²) in [4.78, 5) is 124. The highest BCUT2D eigenvalue weighted by Gasteiger charge is 2.45. The number of guanidine groups is 1. The average Bonchev–Trinajstić information content (AvgIpc) is 3.48. The number of carbonyl (C=O) groups is 9. The second-order valence-corrected chi connectivity index (χ2v) is 21.7. The normalized spacial score (nSPS) is 18.9. The Hall–Kier alpha value is -7.35. The summed E-state index contributed by atoms with van der Waals surface area (Å²) in [5.74, 6) is -8.41. The van der Waals surface area contributed by atoms with E-state index in [0.29, 0.717) is 17.5 Å². The van der Waals surface area contributed by atoms with Gasteiger partial charge in [-0.25, -0.2) is 4.79 Å². The van der Waals surface area contributed by atoms with E-state index < -0.39 is 146 Å². The minimum Gasteiger partial charge on any atom is -0.508 e. The molecule has 0 aromatic heterocycles. The predicted molar refractivity (Wildman–Crippen MR) is 302 cm³/mol. The number of carboxylic acids is 1. The molecule has 0 unspecified atom stereocenters. The Labute approximate surface area is 484 Å². The molecule has 0 spiro atoms. The lowest BCUT2D eigenvalue weighted by Gasteiger charge is -2.42. The minimum atomic E-state index is -1.55. The van der Waals surface area contributed by atoms with Crippen LogP contribution in [0.2, 0.25) is 0 Å². The number of benzene rings is 2. The van der Waals surface area contributed by atoms with Crippen molar-refractivity contribution in [2.45, 2.75) is 140 Å². The Balaban J connectivity index is 1.87. The van der Waals surface area contributed by atoms with Crippen LogP contribution in [-0.2, 0) is 65.5 Å². The highest BCUT2D eigenvalue weighted by Crippen LogP contribution is 2.23. The van der Waals surface area contributed by atoms with Gasteiger partial charge in [-0.3, -0.25) is 43.3 Å². The van der Waals surface area contributed by atoms with Crippen LogP contribution in [0.1, 0.15) is 71.4 Å². The van der Waals surface area contributed by atoms with Crippen molar-refractivity contribution in [3.63, 3.8) is 0 Å². The van der Waals surface area contributed by atoms with Crippen molar-refractivity contribution >= 4 is 70.9 Å². The van der Waals surface area contributed by atoms with Crippen LogP contribution in [0.25, 0.3) is 0 Å². The van der Waals surface area contributed by atoms with Gasteiger partial charge in [0.15, 0.2) is 12.2 Å². The molecule has 1 fully saturated rings. The zero-order valence-electron chi connectivity index (χ0n) is 47.1. The van der Waals surface area contributed by atoms with Crippen molar-refractivity contribution in [3.05, 3.63) is 59.7 Å². The summed E-state index contributed by atoms with van der Waals surface area (Å²) in [7, 11) is 0. The summed E-state index contributed by atoms with van der Waals surface area (Å²) in [6.45, 7) is 6.12. The molecule has 29 nitrogen and oxygen atoms in total. The molecule has 83 heavy (non-hydrogen) atoms. The van der Waals surface area contributed by atoms with Gasteiger partial charge < -0.3 is 99.8 Å². The Morgan fingerprint density at radius 1 is 0.687 bits per heavy atom. The zero-order chi connectivity index (χ0) is 61.9. The number of aliphatic hydroxyl groups is 3. The average molecular weight is 1190 g/mol. The fourth-order valence-electron chi connectivity index (χ4n) is 8.31. The van der Waals surface area contributed by atoms with Crippen LogP contribution in [0.4, 0.5) is 0 Å². The first kappa shape index (κ1) is 69.9. The van der Waals surface area contributed by atoms with E-state index in [0.717, 1.165) is 0 Å². The standard InChI is InChI=1S/C53H82N12O17S/c1-27(2)21-38(51(79)80)62-41(71)25-59-47(75)35(16-19-83-20-18-81-52-43(60-29(5)67)45(73)44(72)39(26-66)82-52)63-48(76)37(23-31-10-14-33(69)15-11-31)64-50(78)42(28(3)4)65-49(77)36(22-30-8-12-32(68)13-9-30)61-40(70)24-58-46(74)34(54)7-6-17-57-53(55)56/h8-15,27-28,34-39,42-45,52,66,68-69,72-73H,6-7,16-26,54H2,1-5H3,(H,58,74)(H,59,75)(H,60,67)(H,61,70)(H,62,71)(H,63,76)(H,64,78)(H,65,77)(H,79,80)(H4,55,56,57)/t34-,35-,36-,37-,38-,39+,42-,43+,44-,45+,52-/m0/s1. The third-order valence-corrected chi connectivity index (χ3v) is 13.7. The van der Waals surface area contributed by atoms with Gasteiger partial charge in [0.2, 0.25) is 47.3 Å². The largest absolute Gasteiger partial charge is 0.508 e. The fourth-order valence-corrected chi connectivity index (χ4v) is 9.13. The summed E-state index contributed by atoms with van der Waals surface area (Å²) in [6, 6.07) is 2.27.